The Hall–Kier alpha value is -2.49. The molecule has 0 aromatic heterocycles. The number of allylic oxidation sites excluding steroid dienone is 8. The molecule has 0 bridgehead atoms. The fourth-order valence-corrected chi connectivity index (χ4v) is 8.15. The molecule has 4 nitrogen and oxygen atoms in total. The molecule has 0 aromatic rings. The first kappa shape index (κ1) is 27.1. The van der Waals surface area contributed by atoms with Gasteiger partial charge in [0, 0.05) is 36.5 Å². The molecule has 5 rings (SSSR count). The first-order valence-corrected chi connectivity index (χ1v) is 14.0. The number of aliphatic hydroxyl groups is 1. The summed E-state index contributed by atoms with van der Waals surface area (Å²) in [5, 5.41) is 11.9. The molecule has 6 atom stereocenters. The van der Waals surface area contributed by atoms with Crippen molar-refractivity contribution >= 4 is 5.78 Å². The fraction of sp³-hybridized carbons (Fsp3) is 0.594. The van der Waals surface area contributed by atoms with E-state index in [0.717, 1.165) is 36.0 Å². The van der Waals surface area contributed by atoms with Crippen molar-refractivity contribution in [1.82, 2.24) is 4.90 Å². The van der Waals surface area contributed by atoms with Gasteiger partial charge in [-0.2, -0.15) is 0 Å². The van der Waals surface area contributed by atoms with Gasteiger partial charge < -0.3 is 14.7 Å². The molecule has 2 saturated carbocycles. The van der Waals surface area contributed by atoms with Gasteiger partial charge in [0.25, 0.3) is 0 Å². The van der Waals surface area contributed by atoms with E-state index in [0.29, 0.717) is 44.8 Å². The summed E-state index contributed by atoms with van der Waals surface area (Å²) in [7, 11) is 0. The maximum Gasteiger partial charge on any atom is 0.157 e. The third-order valence-corrected chi connectivity index (χ3v) is 10.0. The molecule has 1 saturated heterocycles. The van der Waals surface area contributed by atoms with Gasteiger partial charge in [-0.05, 0) is 86.2 Å². The van der Waals surface area contributed by atoms with E-state index in [1.165, 1.54) is 6.08 Å². The Morgan fingerprint density at radius 1 is 1.26 bits per heavy atom. The number of carbonyl (C=O) groups is 1. The van der Waals surface area contributed by atoms with Gasteiger partial charge in [0.15, 0.2) is 11.6 Å². The number of hydrogen-bond acceptors (Lipinski definition) is 4. The molecule has 6 heteroatoms. The molecule has 38 heavy (non-hydrogen) atoms. The van der Waals surface area contributed by atoms with E-state index in [1.807, 2.05) is 18.7 Å². The smallest absolute Gasteiger partial charge is 0.157 e. The quantitative estimate of drug-likeness (QED) is 0.364. The lowest BCUT2D eigenvalue weighted by Gasteiger charge is -2.53. The second-order valence-electron chi connectivity index (χ2n) is 11.8. The molecule has 0 unspecified atom stereocenters. The average molecular weight is 524 g/mol. The lowest BCUT2D eigenvalue weighted by atomic mass is 9.51. The number of halogens is 2. The normalized spacial score (nSPS) is 37.8. The summed E-state index contributed by atoms with van der Waals surface area (Å²) in [5.41, 5.74) is 1.55. The first-order valence-electron chi connectivity index (χ1n) is 14.0. The van der Waals surface area contributed by atoms with E-state index in [2.05, 4.69) is 18.4 Å². The van der Waals surface area contributed by atoms with Crippen molar-refractivity contribution in [2.45, 2.75) is 64.9 Å². The van der Waals surface area contributed by atoms with Gasteiger partial charge in [-0.15, -0.1) is 5.92 Å². The summed E-state index contributed by atoms with van der Waals surface area (Å²) in [4.78, 5) is 14.2. The molecule has 1 aliphatic heterocycles. The molecule has 0 amide bonds. The Bertz CT molecular complexity index is 1210. The standard InChI is InChI=1S/C32H39F2NO3/c1-5-11-32(37)20(3)16-27-25-9-7-21-17-23(36)8-10-24(21)29(25)26(19-31(27,32)4)30(34)28(33)18-22(6-2)35-12-14-38-15-13-35/h6,17-18,20,25-27,37H,2,7-10,12-16,19H2,1,3-4H3/b22-18+,30-28+/t20-,25+,26+,27+,31+,32+/m1/s1. The number of ketones is 1. The molecule has 0 radical (unpaired) electrons. The van der Waals surface area contributed by atoms with Gasteiger partial charge in [0.2, 0.25) is 0 Å². The summed E-state index contributed by atoms with van der Waals surface area (Å²) in [6, 6.07) is 0. The maximum absolute atomic E-state index is 16.5. The highest BCUT2D eigenvalue weighted by molar-refractivity contribution is 5.93. The highest BCUT2D eigenvalue weighted by Crippen LogP contribution is 2.67. The lowest BCUT2D eigenvalue weighted by molar-refractivity contribution is -0.114. The Morgan fingerprint density at radius 3 is 2.68 bits per heavy atom. The van der Waals surface area contributed by atoms with Crippen LogP contribution >= 0.6 is 0 Å². The van der Waals surface area contributed by atoms with E-state index in [4.69, 9.17) is 4.74 Å². The predicted octanol–water partition coefficient (Wildman–Crippen LogP) is 5.97. The van der Waals surface area contributed by atoms with Crippen LogP contribution in [0, 0.1) is 40.9 Å². The SMILES string of the molecule is C=C/C(=C\C(F)=C(/F)[C@H]1C[C@@]2(C)[C@@H](C[C@@H](C)[C@@]2(O)C#CC)[C@@H]2CCC3=CC(=O)CCC3=C21)N1CCOCC1. The van der Waals surface area contributed by atoms with Gasteiger partial charge in [-0.3, -0.25) is 4.79 Å². The van der Waals surface area contributed by atoms with Crippen LogP contribution in [-0.4, -0.2) is 47.7 Å². The van der Waals surface area contributed by atoms with Crippen LogP contribution < -0.4 is 0 Å². The summed E-state index contributed by atoms with van der Waals surface area (Å²) >= 11 is 0. The Kier molecular flexibility index (Phi) is 7.30. The molecular formula is C32H39F2NO3. The van der Waals surface area contributed by atoms with Gasteiger partial charge in [-0.25, -0.2) is 8.78 Å². The van der Waals surface area contributed by atoms with E-state index in [-0.39, 0.29) is 30.0 Å². The van der Waals surface area contributed by atoms with Crippen molar-refractivity contribution < 1.29 is 23.4 Å². The highest BCUT2D eigenvalue weighted by Gasteiger charge is 2.65. The van der Waals surface area contributed by atoms with Crippen molar-refractivity contribution in [3.05, 3.63) is 58.9 Å². The number of carbonyl (C=O) groups excluding carboxylic acids is 1. The monoisotopic (exact) mass is 523 g/mol. The van der Waals surface area contributed by atoms with Crippen molar-refractivity contribution in [2.75, 3.05) is 26.3 Å². The number of nitrogens with zero attached hydrogens (tertiary/aromatic N) is 1. The van der Waals surface area contributed by atoms with Gasteiger partial charge in [-0.1, -0.05) is 31.9 Å². The minimum absolute atomic E-state index is 0.0230. The maximum atomic E-state index is 16.5. The number of fused-ring (bicyclic) bond motifs is 4. The summed E-state index contributed by atoms with van der Waals surface area (Å²) in [6.45, 7) is 11.9. The minimum atomic E-state index is -1.27. The first-order chi connectivity index (χ1) is 18.1. The fourth-order valence-electron chi connectivity index (χ4n) is 8.15. The van der Waals surface area contributed by atoms with Crippen LogP contribution in [-0.2, 0) is 9.53 Å². The molecule has 1 N–H and O–H groups in total. The average Bonchev–Trinajstić information content (AvgIpc) is 3.11. The van der Waals surface area contributed by atoms with Gasteiger partial charge >= 0.3 is 0 Å². The van der Waals surface area contributed by atoms with Crippen molar-refractivity contribution in [3.8, 4) is 11.8 Å². The van der Waals surface area contributed by atoms with Crippen molar-refractivity contribution in [2.24, 2.45) is 29.1 Å². The van der Waals surface area contributed by atoms with Crippen LogP contribution in [0.3, 0.4) is 0 Å². The zero-order valence-electron chi connectivity index (χ0n) is 22.8. The van der Waals surface area contributed by atoms with E-state index in [1.54, 1.807) is 19.1 Å². The second-order valence-corrected chi connectivity index (χ2v) is 11.8. The third-order valence-electron chi connectivity index (χ3n) is 10.0. The Balaban J connectivity index is 1.64. The second kappa shape index (κ2) is 10.2. The summed E-state index contributed by atoms with van der Waals surface area (Å²) in [6.07, 6.45) is 8.09. The van der Waals surface area contributed by atoms with Crippen LogP contribution in [0.15, 0.2) is 58.9 Å². The van der Waals surface area contributed by atoms with E-state index in [9.17, 15) is 9.90 Å². The van der Waals surface area contributed by atoms with Crippen LogP contribution in [0.2, 0.25) is 0 Å². The van der Waals surface area contributed by atoms with E-state index < -0.39 is 28.6 Å². The zero-order chi connectivity index (χ0) is 27.2. The lowest BCUT2D eigenvalue weighted by Crippen LogP contribution is -2.53. The number of ether oxygens (including phenoxy) is 1. The molecule has 4 aliphatic carbocycles. The molecule has 0 spiro atoms. The predicted molar refractivity (Wildman–Crippen MR) is 144 cm³/mol. The number of rotatable bonds is 4. The van der Waals surface area contributed by atoms with Crippen LogP contribution in [0.25, 0.3) is 0 Å². The van der Waals surface area contributed by atoms with Gasteiger partial charge in [0.1, 0.15) is 11.4 Å². The molecule has 0 aromatic carbocycles. The van der Waals surface area contributed by atoms with Crippen molar-refractivity contribution in [1.29, 1.82) is 0 Å². The van der Waals surface area contributed by atoms with E-state index >= 15 is 8.78 Å². The van der Waals surface area contributed by atoms with Crippen LogP contribution in [0.1, 0.15) is 59.3 Å². The minimum Gasteiger partial charge on any atom is -0.378 e. The topological polar surface area (TPSA) is 49.8 Å². The Labute approximate surface area is 225 Å². The number of morpholine rings is 1. The molecule has 204 valence electrons. The van der Waals surface area contributed by atoms with Crippen LogP contribution in [0.4, 0.5) is 8.78 Å². The largest absolute Gasteiger partial charge is 0.378 e. The number of hydrogen-bond donors (Lipinski definition) is 1. The third kappa shape index (κ3) is 4.23. The molecule has 5 aliphatic rings. The van der Waals surface area contributed by atoms with Crippen molar-refractivity contribution in [3.63, 3.8) is 0 Å². The highest BCUT2D eigenvalue weighted by atomic mass is 19.2. The molecular weight excluding hydrogens is 484 g/mol. The summed E-state index contributed by atoms with van der Waals surface area (Å²) in [5.74, 6) is 3.68. The summed E-state index contributed by atoms with van der Waals surface area (Å²) < 4.78 is 37.7. The van der Waals surface area contributed by atoms with Gasteiger partial charge in [0.05, 0.1) is 13.2 Å². The molecule has 1 heterocycles. The Morgan fingerprint density at radius 2 is 2.00 bits per heavy atom. The zero-order valence-corrected chi connectivity index (χ0v) is 22.8. The molecule has 3 fully saturated rings. The van der Waals surface area contributed by atoms with Crippen LogP contribution in [0.5, 0.6) is 0 Å².